The van der Waals surface area contributed by atoms with E-state index in [0.717, 1.165) is 24.1 Å². The van der Waals surface area contributed by atoms with Crippen molar-refractivity contribution in [3.05, 3.63) is 58.9 Å². The number of aliphatic imine (C=N–C) groups is 1. The van der Waals surface area contributed by atoms with Gasteiger partial charge in [0.05, 0.1) is 6.54 Å². The van der Waals surface area contributed by atoms with Crippen LogP contribution in [0.15, 0.2) is 52.6 Å². The number of carbonyl (C=O) groups excluding carboxylic acids is 1. The number of benzene rings is 1. The molecule has 3 N–H and O–H groups in total. The maximum atomic E-state index is 13.3. The van der Waals surface area contributed by atoms with Gasteiger partial charge in [-0.05, 0) is 82.2 Å². The predicted octanol–water partition coefficient (Wildman–Crippen LogP) is 5.34. The highest BCUT2D eigenvalue weighted by molar-refractivity contribution is 5.94. The van der Waals surface area contributed by atoms with Gasteiger partial charge in [-0.25, -0.2) is 4.39 Å². The van der Waals surface area contributed by atoms with E-state index < -0.39 is 24.7 Å². The molecule has 3 aliphatic rings. The maximum absolute atomic E-state index is 13.3. The molecule has 11 heteroatoms. The number of alkyl halides is 3. The van der Waals surface area contributed by atoms with E-state index in [1.165, 1.54) is 31.4 Å². The maximum Gasteiger partial charge on any atom is 0.411 e. The average molecular weight is 594 g/mol. The highest BCUT2D eigenvalue weighted by Crippen LogP contribution is 2.27. The third-order valence-electron chi connectivity index (χ3n) is 8.20. The number of rotatable bonds is 10. The minimum absolute atomic E-state index is 0.0688. The monoisotopic (exact) mass is 593 g/mol. The van der Waals surface area contributed by atoms with Crippen LogP contribution in [0.3, 0.4) is 0 Å². The van der Waals surface area contributed by atoms with Crippen LogP contribution in [0.5, 0.6) is 0 Å². The molecule has 4 rings (SSSR count). The van der Waals surface area contributed by atoms with Gasteiger partial charge in [-0.1, -0.05) is 24.6 Å². The predicted molar refractivity (Wildman–Crippen MR) is 155 cm³/mol. The molecule has 2 fully saturated rings. The van der Waals surface area contributed by atoms with Gasteiger partial charge >= 0.3 is 6.18 Å². The Morgan fingerprint density at radius 3 is 2.60 bits per heavy atom. The minimum Gasteiger partial charge on any atom is -0.354 e. The van der Waals surface area contributed by atoms with E-state index in [1.54, 1.807) is 25.1 Å². The Morgan fingerprint density at radius 1 is 1.19 bits per heavy atom. The van der Waals surface area contributed by atoms with Gasteiger partial charge in [0.1, 0.15) is 30.2 Å². The van der Waals surface area contributed by atoms with E-state index in [2.05, 4.69) is 39.7 Å². The molecular weight excluding hydrogens is 550 g/mol. The Hall–Kier alpha value is -2.76. The van der Waals surface area contributed by atoms with Crippen molar-refractivity contribution in [1.29, 1.82) is 0 Å². The molecule has 0 saturated carbocycles. The average Bonchev–Trinajstić information content (AvgIpc) is 2.95. The summed E-state index contributed by atoms with van der Waals surface area (Å²) >= 11 is 0. The van der Waals surface area contributed by atoms with E-state index in [4.69, 9.17) is 4.74 Å². The highest BCUT2D eigenvalue weighted by atomic mass is 19.4. The van der Waals surface area contributed by atoms with Crippen LogP contribution in [0, 0.1) is 5.82 Å². The van der Waals surface area contributed by atoms with E-state index in [1.807, 2.05) is 6.08 Å². The molecule has 2 aliphatic heterocycles. The van der Waals surface area contributed by atoms with Crippen LogP contribution in [-0.2, 0) is 16.1 Å². The second-order valence-electron chi connectivity index (χ2n) is 11.8. The van der Waals surface area contributed by atoms with Crippen LogP contribution in [0.25, 0.3) is 0 Å². The summed E-state index contributed by atoms with van der Waals surface area (Å²) in [4.78, 5) is 20.1. The van der Waals surface area contributed by atoms with E-state index in [9.17, 15) is 22.4 Å². The number of ether oxygens (including phenoxy) is 1. The molecule has 0 radical (unpaired) electrons. The molecule has 1 aliphatic carbocycles. The Morgan fingerprint density at radius 2 is 1.90 bits per heavy atom. The zero-order valence-corrected chi connectivity index (χ0v) is 24.7. The van der Waals surface area contributed by atoms with Crippen LogP contribution in [-0.4, -0.2) is 66.5 Å². The first kappa shape index (κ1) is 32.2. The van der Waals surface area contributed by atoms with E-state index >= 15 is 0 Å². The Labute approximate surface area is 245 Å². The number of piperidine rings is 1. The summed E-state index contributed by atoms with van der Waals surface area (Å²) in [6, 6.07) is 7.02. The van der Waals surface area contributed by atoms with Crippen LogP contribution in [0.1, 0.15) is 71.3 Å². The summed E-state index contributed by atoms with van der Waals surface area (Å²) in [6.45, 7) is 6.42. The molecule has 4 unspecified atom stereocenters. The first-order valence-corrected chi connectivity index (χ1v) is 14.9. The zero-order valence-electron chi connectivity index (χ0n) is 24.7. The van der Waals surface area contributed by atoms with E-state index in [0.29, 0.717) is 42.9 Å². The molecule has 1 amide bonds. The number of amides is 1. The molecule has 0 spiro atoms. The molecule has 2 heterocycles. The van der Waals surface area contributed by atoms with Crippen LogP contribution in [0.4, 0.5) is 17.6 Å². The molecule has 2 saturated heterocycles. The van der Waals surface area contributed by atoms with Gasteiger partial charge in [0.25, 0.3) is 0 Å². The van der Waals surface area contributed by atoms with Gasteiger partial charge in [0.15, 0.2) is 0 Å². The zero-order chi connectivity index (χ0) is 30.3. The van der Waals surface area contributed by atoms with E-state index in [-0.39, 0.29) is 24.7 Å². The van der Waals surface area contributed by atoms with Gasteiger partial charge in [0, 0.05) is 37.2 Å². The second-order valence-corrected chi connectivity index (χ2v) is 11.8. The first-order chi connectivity index (χ1) is 19.9. The third kappa shape index (κ3) is 9.37. The largest absolute Gasteiger partial charge is 0.411 e. The molecule has 0 aromatic heterocycles. The summed E-state index contributed by atoms with van der Waals surface area (Å²) in [5.41, 5.74) is 0.769. The molecule has 0 bridgehead atoms. The van der Waals surface area contributed by atoms with Crippen molar-refractivity contribution >= 4 is 11.7 Å². The van der Waals surface area contributed by atoms with Crippen molar-refractivity contribution < 1.29 is 27.1 Å². The number of halogens is 4. The normalized spacial score (nSPS) is 28.2. The number of nitrogens with one attached hydrogen (secondary N) is 3. The van der Waals surface area contributed by atoms with Crippen molar-refractivity contribution in [3.63, 3.8) is 0 Å². The van der Waals surface area contributed by atoms with Crippen molar-refractivity contribution in [2.24, 2.45) is 4.99 Å². The summed E-state index contributed by atoms with van der Waals surface area (Å²) in [5.74, 6) is -0.0288. The summed E-state index contributed by atoms with van der Waals surface area (Å²) in [5, 5.41) is 9.46. The number of hydrogen-bond acceptors (Lipinski definition) is 5. The lowest BCUT2D eigenvalue weighted by Crippen LogP contribution is -2.64. The first-order valence-electron chi connectivity index (χ1n) is 14.9. The van der Waals surface area contributed by atoms with Crippen LogP contribution >= 0.6 is 0 Å². The Bertz CT molecular complexity index is 1160. The van der Waals surface area contributed by atoms with Gasteiger partial charge < -0.3 is 15.4 Å². The van der Waals surface area contributed by atoms with Crippen molar-refractivity contribution in [2.45, 2.75) is 102 Å². The quantitative estimate of drug-likeness (QED) is 0.252. The molecule has 7 nitrogen and oxygen atoms in total. The number of allylic oxidation sites excluding steroid dienone is 1. The minimum atomic E-state index is -4.49. The lowest BCUT2D eigenvalue weighted by Gasteiger charge is -2.42. The van der Waals surface area contributed by atoms with Crippen LogP contribution < -0.4 is 16.0 Å². The number of hydrogen-bond donors (Lipinski definition) is 3. The lowest BCUT2D eigenvalue weighted by molar-refractivity contribution is -0.209. The standard InChI is InChI=1S/C31H43F4N5O2/c1-21-7-4-8-22(2)40(21)16-6-15-36-29(41)25-10-5-9-24(17-25)28-38-27(37-19-23-11-13-26(32)14-12-23)18-30(3,39-28)42-20-31(33,34)35/h9,11-14,17,21-22,28,39H,4-8,10,15-16,18-20H2,1-3H3,(H,36,41)(H,37,38). The van der Waals surface area contributed by atoms with Gasteiger partial charge in [-0.15, -0.1) is 0 Å². The number of nitrogens with zero attached hydrogens (tertiary/aromatic N) is 2. The SMILES string of the molecule is CC1CCCC(C)N1CCCNC(=O)C1=CC(C2NC(=NCc3ccc(F)cc3)CC(C)(OCC(F)(F)F)N2)=CCC1. The number of carbonyl (C=O) groups is 1. The summed E-state index contributed by atoms with van der Waals surface area (Å²) < 4.78 is 57.8. The molecular formula is C31H43F4N5O2. The molecule has 42 heavy (non-hydrogen) atoms. The molecule has 1 aromatic carbocycles. The molecule has 1 aromatic rings. The summed E-state index contributed by atoms with van der Waals surface area (Å²) in [6.07, 6.45) is 4.48. The van der Waals surface area contributed by atoms with Crippen molar-refractivity contribution in [3.8, 4) is 0 Å². The fourth-order valence-electron chi connectivity index (χ4n) is 5.91. The van der Waals surface area contributed by atoms with Crippen molar-refractivity contribution in [1.82, 2.24) is 20.9 Å². The fourth-order valence-corrected chi connectivity index (χ4v) is 5.91. The molecule has 4 atom stereocenters. The smallest absolute Gasteiger partial charge is 0.354 e. The van der Waals surface area contributed by atoms with Crippen molar-refractivity contribution in [2.75, 3.05) is 19.7 Å². The number of likely N-dealkylation sites (tertiary alicyclic amines) is 1. The highest BCUT2D eigenvalue weighted by Gasteiger charge is 2.40. The van der Waals surface area contributed by atoms with Gasteiger partial charge in [-0.3, -0.25) is 20.0 Å². The molecule has 232 valence electrons. The third-order valence-corrected chi connectivity index (χ3v) is 8.20. The van der Waals surface area contributed by atoms with Gasteiger partial charge in [0.2, 0.25) is 5.91 Å². The topological polar surface area (TPSA) is 78.0 Å². The Balaban J connectivity index is 1.40. The summed E-state index contributed by atoms with van der Waals surface area (Å²) in [7, 11) is 0. The number of amidine groups is 1. The van der Waals surface area contributed by atoms with Gasteiger partial charge in [-0.2, -0.15) is 13.2 Å². The van der Waals surface area contributed by atoms with Crippen LogP contribution in [0.2, 0.25) is 0 Å². The second kappa shape index (κ2) is 14.1. The Kier molecular flexibility index (Phi) is 10.8. The fraction of sp³-hybridized carbons (Fsp3) is 0.613. The lowest BCUT2D eigenvalue weighted by atomic mass is 9.94.